The lowest BCUT2D eigenvalue weighted by Crippen LogP contribution is -2.43. The first kappa shape index (κ1) is 26.7. The fourth-order valence-electron chi connectivity index (χ4n) is 3.62. The Morgan fingerprint density at radius 3 is 2.53 bits per heavy atom. The maximum atomic E-state index is 13.9. The van der Waals surface area contributed by atoms with Crippen molar-refractivity contribution in [2.75, 3.05) is 25.0 Å². The van der Waals surface area contributed by atoms with E-state index in [0.717, 1.165) is 13.0 Å². The van der Waals surface area contributed by atoms with Gasteiger partial charge in [0, 0.05) is 25.9 Å². The Bertz CT molecular complexity index is 1320. The van der Waals surface area contributed by atoms with Gasteiger partial charge < -0.3 is 24.9 Å². The fraction of sp³-hybridized carbons (Fsp3) is 0.333. The number of nitrogens with zero attached hydrogens (tertiary/aromatic N) is 2. The van der Waals surface area contributed by atoms with E-state index >= 15 is 0 Å². The molecule has 38 heavy (non-hydrogen) atoms. The number of oxazole rings is 1. The lowest BCUT2D eigenvalue weighted by Gasteiger charge is -2.15. The largest absolute Gasteiger partial charge is 0.494 e. The number of aromatic nitrogens is 1. The highest BCUT2D eigenvalue weighted by Gasteiger charge is 2.27. The Balaban J connectivity index is 1.30. The molecule has 0 spiro atoms. The van der Waals surface area contributed by atoms with Crippen LogP contribution < -0.4 is 20.7 Å². The van der Waals surface area contributed by atoms with Crippen molar-refractivity contribution in [3.05, 3.63) is 53.1 Å². The summed E-state index contributed by atoms with van der Waals surface area (Å²) in [6.07, 6.45) is 1.53. The monoisotopic (exact) mass is 537 g/mol. The Morgan fingerprint density at radius 2 is 1.84 bits per heavy atom. The number of hydrogen-bond acceptors (Lipinski definition) is 8. The third-order valence-corrected chi connectivity index (χ3v) is 5.54. The van der Waals surface area contributed by atoms with Gasteiger partial charge in [0.2, 0.25) is 17.5 Å². The van der Waals surface area contributed by atoms with E-state index in [1.807, 2.05) is 0 Å². The first-order chi connectivity index (χ1) is 18.2. The van der Waals surface area contributed by atoms with Gasteiger partial charge >= 0.3 is 5.97 Å². The number of carboxylic acids is 1. The number of carbonyl (C=O) groups excluding carboxylic acids is 1. The zero-order valence-electron chi connectivity index (χ0n) is 19.8. The molecule has 1 aliphatic heterocycles. The third kappa shape index (κ3) is 6.30. The summed E-state index contributed by atoms with van der Waals surface area (Å²) in [6.45, 7) is 1.71. The zero-order chi connectivity index (χ0) is 27.2. The molecule has 0 fully saturated rings. The lowest BCUT2D eigenvalue weighted by atomic mass is 10.1. The van der Waals surface area contributed by atoms with Crippen molar-refractivity contribution in [3.63, 3.8) is 0 Å². The minimum absolute atomic E-state index is 0.0971. The molecule has 4 N–H and O–H groups in total. The van der Waals surface area contributed by atoms with E-state index in [1.54, 1.807) is 24.3 Å². The number of aliphatic imine (C=N–C) groups is 1. The molecular weight excluding hydrogens is 514 g/mol. The maximum Gasteiger partial charge on any atom is 0.326 e. The van der Waals surface area contributed by atoms with Crippen LogP contribution in [0.2, 0.25) is 0 Å². The van der Waals surface area contributed by atoms with Crippen molar-refractivity contribution in [3.8, 4) is 5.75 Å². The van der Waals surface area contributed by atoms with Crippen LogP contribution in [-0.4, -0.2) is 53.7 Å². The molecule has 0 bridgehead atoms. The van der Waals surface area contributed by atoms with Crippen molar-refractivity contribution in [1.82, 2.24) is 15.6 Å². The van der Waals surface area contributed by atoms with Crippen molar-refractivity contribution in [2.24, 2.45) is 4.99 Å². The van der Waals surface area contributed by atoms with Crippen LogP contribution in [0.3, 0.4) is 0 Å². The molecule has 0 unspecified atom stereocenters. The van der Waals surface area contributed by atoms with Crippen LogP contribution in [0.15, 0.2) is 33.7 Å². The highest BCUT2D eigenvalue weighted by Crippen LogP contribution is 2.29. The van der Waals surface area contributed by atoms with Gasteiger partial charge in [0.25, 0.3) is 6.01 Å². The molecule has 1 atom stereocenters. The quantitative estimate of drug-likeness (QED) is 0.134. The number of ether oxygens (including phenoxy) is 1. The molecule has 2 aromatic carbocycles. The van der Waals surface area contributed by atoms with Crippen LogP contribution in [0.5, 0.6) is 5.75 Å². The van der Waals surface area contributed by atoms with E-state index in [2.05, 4.69) is 25.9 Å². The highest BCUT2D eigenvalue weighted by molar-refractivity contribution is 5.97. The molecule has 0 radical (unpaired) electrons. The first-order valence-electron chi connectivity index (χ1n) is 11.6. The predicted molar refractivity (Wildman–Crippen MR) is 127 cm³/mol. The van der Waals surface area contributed by atoms with Gasteiger partial charge in [-0.1, -0.05) is 12.1 Å². The van der Waals surface area contributed by atoms with Crippen LogP contribution >= 0.6 is 0 Å². The summed E-state index contributed by atoms with van der Waals surface area (Å²) < 4.78 is 65.2. The Labute approximate surface area is 213 Å². The van der Waals surface area contributed by atoms with Gasteiger partial charge in [-0.25, -0.2) is 18.0 Å². The maximum absolute atomic E-state index is 13.9. The zero-order valence-corrected chi connectivity index (χ0v) is 19.8. The number of amides is 1. The minimum atomic E-state index is -2.07. The number of anilines is 1. The van der Waals surface area contributed by atoms with E-state index < -0.39 is 52.4 Å². The molecule has 4 rings (SSSR count). The standard InChI is InChI=1S/C24H23F4N5O5/c25-16-17(26)19(28)21-20(18(16)27)33-24(38-21)31-14(22(35)36)11-12-4-6-13(7-5-12)37-10-1-3-15(34)32-23-29-8-2-9-30-23/h4-7,14H,1-3,8-11H2,(H,31,33)(H,35,36)(H2,29,30,32,34)/t14-/m0/s1. The summed E-state index contributed by atoms with van der Waals surface area (Å²) in [4.78, 5) is 31.4. The van der Waals surface area contributed by atoms with Gasteiger partial charge in [-0.15, -0.1) is 0 Å². The molecular formula is C24H23F4N5O5. The fourth-order valence-corrected chi connectivity index (χ4v) is 3.62. The molecule has 0 aliphatic carbocycles. The van der Waals surface area contributed by atoms with Gasteiger partial charge in [-0.05, 0) is 30.5 Å². The average molecular weight is 537 g/mol. The third-order valence-electron chi connectivity index (χ3n) is 5.54. The number of hydrogen-bond donors (Lipinski definition) is 4. The molecule has 0 saturated carbocycles. The summed E-state index contributed by atoms with van der Waals surface area (Å²) >= 11 is 0. The van der Waals surface area contributed by atoms with Crippen LogP contribution in [0.4, 0.5) is 23.6 Å². The molecule has 1 amide bonds. The van der Waals surface area contributed by atoms with Gasteiger partial charge in [0.15, 0.2) is 28.7 Å². The predicted octanol–water partition coefficient (Wildman–Crippen LogP) is 3.12. The Kier molecular flexibility index (Phi) is 8.28. The second kappa shape index (κ2) is 11.8. The first-order valence-corrected chi connectivity index (χ1v) is 11.6. The van der Waals surface area contributed by atoms with Gasteiger partial charge in [0.05, 0.1) is 6.61 Å². The van der Waals surface area contributed by atoms with Crippen molar-refractivity contribution < 1.29 is 41.4 Å². The highest BCUT2D eigenvalue weighted by atomic mass is 19.2. The molecule has 1 aromatic heterocycles. The van der Waals surface area contributed by atoms with Crippen molar-refractivity contribution >= 4 is 35.0 Å². The lowest BCUT2D eigenvalue weighted by molar-refractivity contribution is -0.138. The van der Waals surface area contributed by atoms with E-state index in [-0.39, 0.29) is 25.4 Å². The molecule has 2 heterocycles. The van der Waals surface area contributed by atoms with Crippen LogP contribution in [-0.2, 0) is 16.0 Å². The summed E-state index contributed by atoms with van der Waals surface area (Å²) in [5, 5.41) is 17.6. The molecule has 0 saturated heterocycles. The number of carbonyl (C=O) groups is 2. The molecule has 14 heteroatoms. The van der Waals surface area contributed by atoms with Crippen molar-refractivity contribution in [1.29, 1.82) is 0 Å². The number of nitrogens with one attached hydrogen (secondary N) is 3. The molecule has 1 aliphatic rings. The van der Waals surface area contributed by atoms with E-state index in [4.69, 9.17) is 9.15 Å². The van der Waals surface area contributed by atoms with Crippen LogP contribution in [0.25, 0.3) is 11.1 Å². The van der Waals surface area contributed by atoms with E-state index in [9.17, 15) is 32.3 Å². The molecule has 3 aromatic rings. The summed E-state index contributed by atoms with van der Waals surface area (Å²) in [5.41, 5.74) is -1.33. The number of guanidine groups is 1. The van der Waals surface area contributed by atoms with Gasteiger partial charge in [-0.2, -0.15) is 9.37 Å². The van der Waals surface area contributed by atoms with E-state index in [1.165, 1.54) is 0 Å². The van der Waals surface area contributed by atoms with Crippen LogP contribution in [0.1, 0.15) is 24.8 Å². The summed E-state index contributed by atoms with van der Waals surface area (Å²) in [6, 6.07) is 4.49. The second-order valence-corrected chi connectivity index (χ2v) is 8.35. The smallest absolute Gasteiger partial charge is 0.326 e. The average Bonchev–Trinajstić information content (AvgIpc) is 3.34. The van der Waals surface area contributed by atoms with Crippen LogP contribution in [0, 0.1) is 23.3 Å². The number of aliphatic carboxylic acids is 1. The number of carboxylic acid groups (broad SMARTS) is 1. The number of fused-ring (bicyclic) bond motifs is 1. The topological polar surface area (TPSA) is 138 Å². The number of rotatable bonds is 10. The summed E-state index contributed by atoms with van der Waals surface area (Å²) in [5.74, 6) is -8.19. The van der Waals surface area contributed by atoms with Crippen molar-refractivity contribution in [2.45, 2.75) is 31.7 Å². The minimum Gasteiger partial charge on any atom is -0.494 e. The number of halogens is 4. The Morgan fingerprint density at radius 1 is 1.11 bits per heavy atom. The summed E-state index contributed by atoms with van der Waals surface area (Å²) in [7, 11) is 0. The van der Waals surface area contributed by atoms with Gasteiger partial charge in [-0.3, -0.25) is 15.1 Å². The SMILES string of the molecule is O=C(CCCOc1ccc(C[C@H](Nc2nc3c(F)c(F)c(F)c(F)c3o2)C(=O)O)cc1)NC1=NCCCN1. The molecule has 202 valence electrons. The van der Waals surface area contributed by atoms with Gasteiger partial charge in [0.1, 0.15) is 11.8 Å². The Hall–Kier alpha value is -4.36. The molecule has 10 nitrogen and oxygen atoms in total. The second-order valence-electron chi connectivity index (χ2n) is 8.35. The normalized spacial score (nSPS) is 13.9. The number of benzene rings is 2. The van der Waals surface area contributed by atoms with E-state index in [0.29, 0.717) is 30.2 Å².